The van der Waals surface area contributed by atoms with Crippen LogP contribution < -0.4 is 34.7 Å². The van der Waals surface area contributed by atoms with Crippen molar-refractivity contribution in [1.82, 2.24) is 0 Å². The maximum atomic E-state index is 11.8. The summed E-state index contributed by atoms with van der Waals surface area (Å²) in [5, 5.41) is 21.0. The molecule has 0 fully saturated rings. The van der Waals surface area contributed by atoms with Crippen LogP contribution in [0.3, 0.4) is 0 Å². The Morgan fingerprint density at radius 3 is 1.71 bits per heavy atom. The van der Waals surface area contributed by atoms with Crippen LogP contribution >= 0.6 is 0 Å². The first-order valence-corrected chi connectivity index (χ1v) is 15.2. The molecule has 34 heavy (non-hydrogen) atoms. The number of aliphatic hydroxyl groups excluding tert-OH is 1. The summed E-state index contributed by atoms with van der Waals surface area (Å²) in [4.78, 5) is 4.13. The number of unbranched alkanes of at least 4 members (excludes halogenated alkanes) is 14. The molecular formula is C26H52NNaO5S. The van der Waals surface area contributed by atoms with Gasteiger partial charge in [-0.25, -0.2) is 0 Å². The maximum absolute atomic E-state index is 11.8. The second kappa shape index (κ2) is 25.0. The quantitative estimate of drug-likeness (QED) is 0.0677. The zero-order chi connectivity index (χ0) is 24.8. The third-order valence-corrected chi connectivity index (χ3v) is 7.66. The molecule has 0 radical (unpaired) electrons. The van der Waals surface area contributed by atoms with Gasteiger partial charge in [-0.3, -0.25) is 4.55 Å². The van der Waals surface area contributed by atoms with Crippen molar-refractivity contribution in [3.8, 4) is 0 Å². The molecule has 2 unspecified atom stereocenters. The molecule has 0 saturated heterocycles. The summed E-state index contributed by atoms with van der Waals surface area (Å²) < 4.78 is 32.9. The molecule has 0 bridgehead atoms. The molecule has 0 aliphatic rings. The van der Waals surface area contributed by atoms with Gasteiger partial charge in [0.05, 0.1) is 6.10 Å². The van der Waals surface area contributed by atoms with E-state index in [1.54, 1.807) is 0 Å². The van der Waals surface area contributed by atoms with Crippen LogP contribution in [-0.2, 0) is 10.1 Å². The minimum absolute atomic E-state index is 0. The predicted molar refractivity (Wildman–Crippen MR) is 137 cm³/mol. The first kappa shape index (κ1) is 36.5. The zero-order valence-electron chi connectivity index (χ0n) is 22.5. The largest absolute Gasteiger partial charge is 1.00 e. The molecule has 2 atom stereocenters. The number of hydrogen-bond donors (Lipinski definition) is 2. The van der Waals surface area contributed by atoms with Gasteiger partial charge in [0.25, 0.3) is 10.1 Å². The third-order valence-electron chi connectivity index (χ3n) is 6.34. The van der Waals surface area contributed by atoms with Crippen molar-refractivity contribution >= 4 is 16.0 Å². The minimum Gasteiger partial charge on any atom is -0.862 e. The molecule has 0 rings (SSSR count). The fourth-order valence-corrected chi connectivity index (χ4v) is 5.18. The van der Waals surface area contributed by atoms with Crippen LogP contribution in [-0.4, -0.2) is 41.9 Å². The Hall–Kier alpha value is 0.340. The SMILES string of the molecule is CCCCCCCCN=C([O-])CCCCCCCC(C(O)CCCCCCCC)S(=O)(=O)O.[Na+]. The van der Waals surface area contributed by atoms with Crippen LogP contribution in [0.1, 0.15) is 142 Å². The summed E-state index contributed by atoms with van der Waals surface area (Å²) in [5.74, 6) is -0.00666. The van der Waals surface area contributed by atoms with Crippen molar-refractivity contribution in [2.24, 2.45) is 4.99 Å². The molecule has 0 heterocycles. The van der Waals surface area contributed by atoms with E-state index in [0.29, 0.717) is 25.8 Å². The average molecular weight is 514 g/mol. The third kappa shape index (κ3) is 22.8. The molecule has 0 amide bonds. The van der Waals surface area contributed by atoms with E-state index in [0.717, 1.165) is 57.8 Å². The summed E-state index contributed by atoms with van der Waals surface area (Å²) >= 11 is 0. The van der Waals surface area contributed by atoms with E-state index in [4.69, 9.17) is 0 Å². The Bertz CT molecular complexity index is 572. The van der Waals surface area contributed by atoms with Gasteiger partial charge < -0.3 is 15.2 Å². The molecule has 0 aromatic carbocycles. The molecule has 0 aromatic heterocycles. The van der Waals surface area contributed by atoms with E-state index in [1.165, 1.54) is 44.9 Å². The second-order valence-electron chi connectivity index (χ2n) is 9.53. The van der Waals surface area contributed by atoms with Crippen LogP contribution in [0.4, 0.5) is 0 Å². The first-order valence-electron chi connectivity index (χ1n) is 13.7. The molecule has 0 aromatic rings. The van der Waals surface area contributed by atoms with Crippen molar-refractivity contribution in [2.45, 2.75) is 154 Å². The molecule has 2 N–H and O–H groups in total. The minimum atomic E-state index is -4.25. The number of nitrogens with zero attached hydrogens (tertiary/aromatic N) is 1. The Labute approximate surface area is 232 Å². The molecule has 8 heteroatoms. The van der Waals surface area contributed by atoms with Crippen molar-refractivity contribution in [3.05, 3.63) is 0 Å². The normalized spacial score (nSPS) is 14.1. The summed E-state index contributed by atoms with van der Waals surface area (Å²) in [7, 11) is -4.25. The van der Waals surface area contributed by atoms with Gasteiger partial charge in [0.2, 0.25) is 0 Å². The molecule has 6 nitrogen and oxygen atoms in total. The van der Waals surface area contributed by atoms with Crippen molar-refractivity contribution in [1.29, 1.82) is 0 Å². The van der Waals surface area contributed by atoms with Crippen molar-refractivity contribution in [3.63, 3.8) is 0 Å². The van der Waals surface area contributed by atoms with E-state index in [2.05, 4.69) is 18.8 Å². The van der Waals surface area contributed by atoms with Crippen LogP contribution in [0.2, 0.25) is 0 Å². The first-order chi connectivity index (χ1) is 15.8. The van der Waals surface area contributed by atoms with Gasteiger partial charge in [-0.15, -0.1) is 0 Å². The van der Waals surface area contributed by atoms with Gasteiger partial charge in [-0.05, 0) is 38.0 Å². The fraction of sp³-hybridized carbons (Fsp3) is 0.962. The van der Waals surface area contributed by atoms with Gasteiger partial charge in [0, 0.05) is 6.54 Å². The van der Waals surface area contributed by atoms with Crippen molar-refractivity contribution < 1.29 is 52.7 Å². The number of aliphatic imine (C=N–C) groups is 1. The topological polar surface area (TPSA) is 110 Å². The number of hydrogen-bond acceptors (Lipinski definition) is 5. The van der Waals surface area contributed by atoms with Gasteiger partial charge in [-0.1, -0.05) is 110 Å². The maximum Gasteiger partial charge on any atom is 1.00 e. The van der Waals surface area contributed by atoms with Crippen LogP contribution in [0.25, 0.3) is 0 Å². The van der Waals surface area contributed by atoms with Gasteiger partial charge in [-0.2, -0.15) is 8.42 Å². The fourth-order valence-electron chi connectivity index (χ4n) is 4.19. The molecular weight excluding hydrogens is 461 g/mol. The molecule has 0 aliphatic heterocycles. The second-order valence-corrected chi connectivity index (χ2v) is 11.2. The van der Waals surface area contributed by atoms with E-state index >= 15 is 0 Å². The molecule has 0 aliphatic carbocycles. The molecule has 0 spiro atoms. The predicted octanol–water partition coefficient (Wildman–Crippen LogP) is 3.21. The average Bonchev–Trinajstić information content (AvgIpc) is 2.76. The van der Waals surface area contributed by atoms with E-state index in [-0.39, 0.29) is 41.9 Å². The van der Waals surface area contributed by atoms with Crippen molar-refractivity contribution in [2.75, 3.05) is 6.54 Å². The Balaban J connectivity index is 0. The Morgan fingerprint density at radius 1 is 0.735 bits per heavy atom. The summed E-state index contributed by atoms with van der Waals surface area (Å²) in [6, 6.07) is 0. The number of aliphatic hydroxyl groups is 1. The van der Waals surface area contributed by atoms with Gasteiger partial charge >= 0.3 is 29.6 Å². The van der Waals surface area contributed by atoms with Gasteiger partial charge in [0.1, 0.15) is 5.25 Å². The Kier molecular flexibility index (Phi) is 26.8. The smallest absolute Gasteiger partial charge is 0.862 e. The standard InChI is InChI=1S/C26H53NO5S.Na/c1-3-5-7-9-12-16-20-24(28)25(33(30,31)32)21-17-13-11-14-18-22-26(29)27-23-19-15-10-8-6-4-2;/h24-25,28H,3-23H2,1-2H3,(H,27,29)(H,30,31,32);/q;+1/p-1. The van der Waals surface area contributed by atoms with Gasteiger partial charge in [0.15, 0.2) is 0 Å². The Morgan fingerprint density at radius 2 is 1.18 bits per heavy atom. The van der Waals surface area contributed by atoms with E-state index in [1.807, 2.05) is 0 Å². The zero-order valence-corrected chi connectivity index (χ0v) is 25.3. The summed E-state index contributed by atoms with van der Waals surface area (Å²) in [5.41, 5.74) is 0. The van der Waals surface area contributed by atoms with Crippen LogP contribution in [0, 0.1) is 0 Å². The van der Waals surface area contributed by atoms with Crippen LogP contribution in [0.5, 0.6) is 0 Å². The molecule has 0 saturated carbocycles. The van der Waals surface area contributed by atoms with E-state index in [9.17, 15) is 23.2 Å². The van der Waals surface area contributed by atoms with E-state index < -0.39 is 21.5 Å². The monoisotopic (exact) mass is 513 g/mol. The molecule has 198 valence electrons. The summed E-state index contributed by atoms with van der Waals surface area (Å²) in [6.07, 6.45) is 17.9. The number of rotatable bonds is 24. The summed E-state index contributed by atoms with van der Waals surface area (Å²) in [6.45, 7) is 5.00. The van der Waals surface area contributed by atoms with Crippen LogP contribution in [0.15, 0.2) is 4.99 Å².